The van der Waals surface area contributed by atoms with E-state index in [1.807, 2.05) is 11.3 Å². The number of hydrogen-bond donors (Lipinski definition) is 0. The molecule has 7 heteroatoms. The molecule has 3 aromatic carbocycles. The minimum absolute atomic E-state index is 0. The Kier molecular flexibility index (Phi) is 8.40. The molecule has 0 fully saturated rings. The minimum Gasteiger partial charge on any atom is -0.147 e. The number of fused-ring (bicyclic) bond motifs is 5. The average Bonchev–Trinajstić information content (AvgIpc) is 3.75. The van der Waals surface area contributed by atoms with E-state index in [1.54, 1.807) is 8.11 Å². The first kappa shape index (κ1) is 31.9. The maximum atomic E-state index is 6.41. The number of aryl methyl sites for hydroxylation is 2. The quantitative estimate of drug-likeness (QED) is 0.129. The standard InChI is InChI=1S/C35H24OS2.2CH3.2ClH.H2Si.Zr/c1-20-17-26-31(18-20)38(30-14-8-12-24(33(26)30)23-10-5-4-6-11-23)35-25(28-16-15-22(3)36-28)19-27-32-21(2)9-7-13-29(32)37-34(27)35;;;;;;/h4-17,19H,1-3H3;2*1H3;2*1H;1H2;. The third-order valence-corrected chi connectivity index (χ3v) is 19.8. The molecular weight excluding hydrogens is 715 g/mol. The third-order valence-electron chi connectivity index (χ3n) is 8.62. The van der Waals surface area contributed by atoms with Crippen LogP contribution in [0.25, 0.3) is 38.4 Å². The number of thiophene rings is 1. The molecular formula is C37H34Cl2OS2SiZr. The van der Waals surface area contributed by atoms with Crippen molar-refractivity contribution in [2.75, 3.05) is 0 Å². The Bertz CT molecular complexity index is 2280. The molecule has 3 heterocycles. The van der Waals surface area contributed by atoms with Gasteiger partial charge < -0.3 is 0 Å². The second kappa shape index (κ2) is 11.6. The Morgan fingerprint density at radius 1 is 0.818 bits per heavy atom. The normalized spacial score (nSPS) is 17.2. The van der Waals surface area contributed by atoms with Gasteiger partial charge in [0.15, 0.2) is 0 Å². The van der Waals surface area contributed by atoms with E-state index in [4.69, 9.17) is 4.42 Å². The molecule has 2 aromatic heterocycles. The molecule has 1 unspecified atom stereocenters. The first-order valence-electron chi connectivity index (χ1n) is 14.5. The van der Waals surface area contributed by atoms with Crippen molar-refractivity contribution in [2.24, 2.45) is 0 Å². The molecule has 0 saturated carbocycles. The van der Waals surface area contributed by atoms with Crippen LogP contribution in [0.5, 0.6) is 0 Å². The summed E-state index contributed by atoms with van der Waals surface area (Å²) in [5.74, 6) is 1.95. The van der Waals surface area contributed by atoms with Crippen LogP contribution in [0.3, 0.4) is 0 Å². The van der Waals surface area contributed by atoms with Crippen LogP contribution in [0.2, 0.25) is 9.26 Å². The van der Waals surface area contributed by atoms with Crippen LogP contribution in [0.1, 0.15) is 40.0 Å². The first-order chi connectivity index (χ1) is 20.2. The van der Waals surface area contributed by atoms with Crippen LogP contribution < -0.4 is 0 Å². The molecule has 3 aliphatic rings. The van der Waals surface area contributed by atoms with E-state index in [9.17, 15) is 0 Å². The Labute approximate surface area is 283 Å². The molecule has 1 atom stereocenters. The molecule has 0 N–H and O–H groups in total. The predicted molar refractivity (Wildman–Crippen MR) is 200 cm³/mol. The predicted octanol–water partition coefficient (Wildman–Crippen LogP) is 10.7. The summed E-state index contributed by atoms with van der Waals surface area (Å²) < 4.78 is 14.7. The van der Waals surface area contributed by atoms with Gasteiger partial charge >= 0.3 is 261 Å². The summed E-state index contributed by atoms with van der Waals surface area (Å²) in [4.78, 5) is 5.95. The number of halogens is 2. The van der Waals surface area contributed by atoms with Gasteiger partial charge in [0.05, 0.1) is 0 Å². The SMILES string of the molecule is CC1=CC2=C([C]1=[Zr]([CH3])([CH3])=[SiH2])S(=C1C(c3ccc(C)o3)=Cc3c1sc1cccc(C)c31)c1cccc(-c3ccccc3)c12.Cl.Cl. The Hall–Kier alpha value is -2.11. The van der Waals surface area contributed by atoms with Crippen molar-refractivity contribution in [3.8, 4) is 11.1 Å². The summed E-state index contributed by atoms with van der Waals surface area (Å²) >= 11 is -0.565. The van der Waals surface area contributed by atoms with Gasteiger partial charge in [-0.15, -0.1) is 24.8 Å². The maximum Gasteiger partial charge on any atom is -0.147 e. The van der Waals surface area contributed by atoms with E-state index >= 15 is 0 Å². The van der Waals surface area contributed by atoms with Crippen LogP contribution in [0, 0.1) is 13.8 Å². The van der Waals surface area contributed by atoms with Gasteiger partial charge in [-0.05, 0) is 0 Å². The monoisotopic (exact) mass is 746 g/mol. The second-order valence-electron chi connectivity index (χ2n) is 12.3. The topological polar surface area (TPSA) is 13.1 Å². The summed E-state index contributed by atoms with van der Waals surface area (Å²) in [5.41, 5.74) is 11.0. The van der Waals surface area contributed by atoms with Crippen molar-refractivity contribution in [2.45, 2.75) is 34.9 Å². The minimum atomic E-state index is -2.53. The first-order valence-corrected chi connectivity index (χ1v) is 28.6. The fourth-order valence-corrected chi connectivity index (χ4v) is 21.8. The van der Waals surface area contributed by atoms with Crippen molar-refractivity contribution >= 4 is 88.9 Å². The van der Waals surface area contributed by atoms with Gasteiger partial charge in [0.1, 0.15) is 0 Å². The molecule has 222 valence electrons. The Morgan fingerprint density at radius 2 is 1.57 bits per heavy atom. The van der Waals surface area contributed by atoms with E-state index < -0.39 is 18.4 Å². The average molecular weight is 749 g/mol. The molecule has 0 bridgehead atoms. The molecule has 0 saturated heterocycles. The molecule has 0 amide bonds. The van der Waals surface area contributed by atoms with Crippen molar-refractivity contribution in [1.29, 1.82) is 0 Å². The van der Waals surface area contributed by atoms with E-state index in [1.165, 1.54) is 69.3 Å². The number of benzene rings is 3. The molecule has 2 aliphatic carbocycles. The van der Waals surface area contributed by atoms with Crippen LogP contribution in [-0.2, 0) is 18.4 Å². The third kappa shape index (κ3) is 4.73. The zero-order valence-electron chi connectivity index (χ0n) is 25.4. The number of allylic oxidation sites excluding steroid dienone is 5. The van der Waals surface area contributed by atoms with Crippen LogP contribution in [-0.4, -0.2) is 14.9 Å². The Balaban J connectivity index is 0.00000171. The van der Waals surface area contributed by atoms with Gasteiger partial charge in [-0.1, -0.05) is 0 Å². The van der Waals surface area contributed by atoms with Gasteiger partial charge in [0, 0.05) is 0 Å². The molecule has 1 nitrogen and oxygen atoms in total. The molecule has 44 heavy (non-hydrogen) atoms. The van der Waals surface area contributed by atoms with Gasteiger partial charge in [-0.3, -0.25) is 0 Å². The van der Waals surface area contributed by atoms with E-state index in [0.29, 0.717) is 0 Å². The van der Waals surface area contributed by atoms with Crippen molar-refractivity contribution < 1.29 is 22.8 Å². The fourth-order valence-electron chi connectivity index (χ4n) is 7.02. The summed E-state index contributed by atoms with van der Waals surface area (Å²) in [5, 5.41) is 1.39. The molecule has 0 radical (unpaired) electrons. The van der Waals surface area contributed by atoms with Crippen molar-refractivity contribution in [3.63, 3.8) is 0 Å². The van der Waals surface area contributed by atoms with Gasteiger partial charge in [-0.2, -0.15) is 0 Å². The fraction of sp³-hybridized carbons (Fsp3) is 0.135. The number of rotatable bonds is 2. The number of hydrogen-bond acceptors (Lipinski definition) is 2. The van der Waals surface area contributed by atoms with E-state index in [-0.39, 0.29) is 35.3 Å². The summed E-state index contributed by atoms with van der Waals surface area (Å²) in [6.45, 7) is 9.00. The van der Waals surface area contributed by atoms with Crippen molar-refractivity contribution in [1.82, 2.24) is 0 Å². The largest absolute Gasteiger partial charge is 0.147 e. The Morgan fingerprint density at radius 3 is 2.27 bits per heavy atom. The molecule has 5 aromatic rings. The van der Waals surface area contributed by atoms with E-state index in [2.05, 4.69) is 128 Å². The molecule has 8 rings (SSSR count). The zero-order valence-corrected chi connectivity index (χ0v) is 32.5. The van der Waals surface area contributed by atoms with Crippen molar-refractivity contribution in [3.05, 3.63) is 129 Å². The summed E-state index contributed by atoms with van der Waals surface area (Å²) in [6.07, 6.45) is 4.97. The van der Waals surface area contributed by atoms with E-state index in [0.717, 1.165) is 11.5 Å². The smallest absolute Gasteiger partial charge is 0.147 e. The van der Waals surface area contributed by atoms with Gasteiger partial charge in [0.2, 0.25) is 0 Å². The van der Waals surface area contributed by atoms with Crippen LogP contribution in [0.4, 0.5) is 0 Å². The van der Waals surface area contributed by atoms with Crippen LogP contribution >= 0.6 is 46.6 Å². The molecule has 0 spiro atoms. The number of furan rings is 1. The van der Waals surface area contributed by atoms with Gasteiger partial charge in [-0.25, -0.2) is 0 Å². The summed E-state index contributed by atoms with van der Waals surface area (Å²) in [7, 11) is -0.234. The second-order valence-corrected chi connectivity index (χ2v) is 36.1. The maximum absolute atomic E-state index is 6.41. The summed E-state index contributed by atoms with van der Waals surface area (Å²) in [6, 6.07) is 29.0. The van der Waals surface area contributed by atoms with Crippen LogP contribution in [0.15, 0.2) is 105 Å². The zero-order chi connectivity index (χ0) is 28.9. The van der Waals surface area contributed by atoms with Gasteiger partial charge in [0.25, 0.3) is 0 Å². The molecule has 1 aliphatic heterocycles.